The molecule has 0 unspecified atom stereocenters. The highest BCUT2D eigenvalue weighted by Crippen LogP contribution is 2.17. The number of amides is 1. The van der Waals surface area contributed by atoms with E-state index in [0.29, 0.717) is 13.1 Å². The Hall–Kier alpha value is -3.61. The zero-order chi connectivity index (χ0) is 27.4. The van der Waals surface area contributed by atoms with Gasteiger partial charge in [-0.05, 0) is 23.8 Å². The fourth-order valence-electron chi connectivity index (χ4n) is 3.63. The largest absolute Gasteiger partial charge is 0.473 e. The van der Waals surface area contributed by atoms with Gasteiger partial charge < -0.3 is 10.2 Å². The van der Waals surface area contributed by atoms with Crippen LogP contribution < -0.4 is 5.43 Å². The number of sulfonamides is 1. The van der Waals surface area contributed by atoms with Crippen LogP contribution >= 0.6 is 0 Å². The van der Waals surface area contributed by atoms with Gasteiger partial charge in [0.2, 0.25) is 10.0 Å². The molecule has 1 saturated heterocycles. The summed E-state index contributed by atoms with van der Waals surface area (Å²) in [6.07, 6.45) is 1.59. The minimum absolute atomic E-state index is 0.116. The first-order valence-electron chi connectivity index (χ1n) is 11.8. The van der Waals surface area contributed by atoms with Crippen LogP contribution in [0.3, 0.4) is 0 Å². The Morgan fingerprint density at radius 3 is 2.08 bits per heavy atom. The summed E-state index contributed by atoms with van der Waals surface area (Å²) >= 11 is 0. The van der Waals surface area contributed by atoms with E-state index < -0.39 is 27.9 Å². The molecular weight excluding hydrogens is 500 g/mol. The van der Waals surface area contributed by atoms with Crippen molar-refractivity contribution in [3.8, 4) is 0 Å². The summed E-state index contributed by atoms with van der Waals surface area (Å²) in [5.74, 6) is -4.05. The summed E-state index contributed by atoms with van der Waals surface area (Å²) in [4.78, 5) is 33.2. The molecule has 0 bridgehead atoms. The second-order valence-electron chi connectivity index (χ2n) is 8.11. The molecule has 0 aromatic heterocycles. The van der Waals surface area contributed by atoms with E-state index in [0.717, 1.165) is 38.2 Å². The van der Waals surface area contributed by atoms with Gasteiger partial charge in [-0.15, -0.1) is 0 Å². The number of rotatable bonds is 8. The number of hydrazone groups is 1. The number of hydrogen-bond donors (Lipinski definition) is 3. The van der Waals surface area contributed by atoms with Gasteiger partial charge in [-0.25, -0.2) is 23.4 Å². The molecule has 3 N–H and O–H groups in total. The number of piperidine rings is 1. The maximum Gasteiger partial charge on any atom is 0.414 e. The quantitative estimate of drug-likeness (QED) is 0.345. The molecule has 0 radical (unpaired) electrons. The molecule has 11 nitrogen and oxygen atoms in total. The summed E-state index contributed by atoms with van der Waals surface area (Å²) < 4.78 is 26.8. The lowest BCUT2D eigenvalue weighted by Crippen LogP contribution is -2.34. The molecule has 12 heteroatoms. The number of aliphatic carboxylic acids is 2. The first-order chi connectivity index (χ1) is 17.6. The monoisotopic (exact) mass is 532 g/mol. The number of benzene rings is 2. The van der Waals surface area contributed by atoms with E-state index in [9.17, 15) is 13.2 Å². The lowest BCUT2D eigenvalue weighted by atomic mass is 10.1. The molecule has 0 spiro atoms. The minimum atomic E-state index is -3.61. The molecule has 0 aliphatic carbocycles. The summed E-state index contributed by atoms with van der Waals surface area (Å²) in [6.45, 7) is 7.03. The van der Waals surface area contributed by atoms with Crippen LogP contribution in [0.4, 0.5) is 0 Å². The minimum Gasteiger partial charge on any atom is -0.473 e. The van der Waals surface area contributed by atoms with E-state index >= 15 is 0 Å². The van der Waals surface area contributed by atoms with Crippen LogP contribution in [0.5, 0.6) is 0 Å². The third-order valence-electron chi connectivity index (χ3n) is 5.62. The lowest BCUT2D eigenvalue weighted by Gasteiger charge is -2.27. The third-order valence-corrected chi connectivity index (χ3v) is 7.67. The van der Waals surface area contributed by atoms with Gasteiger partial charge in [0, 0.05) is 56.8 Å². The van der Waals surface area contributed by atoms with Crippen molar-refractivity contribution in [1.82, 2.24) is 14.6 Å². The van der Waals surface area contributed by atoms with Crippen LogP contribution in [0.15, 0.2) is 64.6 Å². The summed E-state index contributed by atoms with van der Waals surface area (Å²) in [5, 5.41) is 19.1. The average Bonchev–Trinajstić information content (AvgIpc) is 2.89. The number of carbonyl (C=O) groups excluding carboxylic acids is 1. The van der Waals surface area contributed by atoms with Crippen LogP contribution in [0.1, 0.15) is 42.6 Å². The smallest absolute Gasteiger partial charge is 0.414 e. The Morgan fingerprint density at radius 2 is 1.54 bits per heavy atom. The van der Waals surface area contributed by atoms with Crippen molar-refractivity contribution in [2.24, 2.45) is 5.10 Å². The molecule has 200 valence electrons. The van der Waals surface area contributed by atoms with Crippen molar-refractivity contribution in [3.05, 3.63) is 65.7 Å². The number of carboxylic acids is 2. The predicted octanol–water partition coefficient (Wildman–Crippen LogP) is 2.25. The highest BCUT2D eigenvalue weighted by atomic mass is 32.2. The van der Waals surface area contributed by atoms with Crippen LogP contribution in [-0.2, 0) is 26.2 Å². The van der Waals surface area contributed by atoms with Gasteiger partial charge in [0.1, 0.15) is 0 Å². The Balaban J connectivity index is 0.000000717. The molecule has 37 heavy (non-hydrogen) atoms. The number of carbonyl (C=O) groups is 3. The van der Waals surface area contributed by atoms with E-state index in [4.69, 9.17) is 19.8 Å². The van der Waals surface area contributed by atoms with E-state index in [-0.39, 0.29) is 10.5 Å². The van der Waals surface area contributed by atoms with E-state index in [1.54, 1.807) is 26.0 Å². The van der Waals surface area contributed by atoms with Gasteiger partial charge >= 0.3 is 11.9 Å². The molecule has 1 aliphatic rings. The first kappa shape index (κ1) is 29.6. The molecule has 1 aliphatic heterocycles. The van der Waals surface area contributed by atoms with Gasteiger partial charge in [0.05, 0.1) is 4.90 Å². The Kier molecular flexibility index (Phi) is 11.4. The molecule has 0 atom stereocenters. The third kappa shape index (κ3) is 9.08. The summed E-state index contributed by atoms with van der Waals surface area (Å²) in [6, 6.07) is 16.5. The zero-order valence-electron chi connectivity index (χ0n) is 20.8. The second kappa shape index (κ2) is 14.2. The van der Waals surface area contributed by atoms with Crippen molar-refractivity contribution in [3.63, 3.8) is 0 Å². The van der Waals surface area contributed by atoms with Crippen molar-refractivity contribution in [1.29, 1.82) is 0 Å². The first-order valence-corrected chi connectivity index (χ1v) is 13.2. The van der Waals surface area contributed by atoms with Crippen molar-refractivity contribution in [2.75, 3.05) is 26.2 Å². The summed E-state index contributed by atoms with van der Waals surface area (Å²) in [7, 11) is -3.61. The molecule has 2 aromatic rings. The number of nitrogens with one attached hydrogen (secondary N) is 1. The molecule has 1 amide bonds. The van der Waals surface area contributed by atoms with Gasteiger partial charge in [-0.2, -0.15) is 9.41 Å². The summed E-state index contributed by atoms with van der Waals surface area (Å²) in [5.41, 5.74) is 5.10. The number of carboxylic acid groups (broad SMARTS) is 2. The van der Waals surface area contributed by atoms with E-state index in [1.165, 1.54) is 22.0 Å². The molecular formula is C25H32N4O7S. The predicted molar refractivity (Wildman–Crippen MR) is 138 cm³/mol. The number of hydrogen-bond acceptors (Lipinski definition) is 7. The molecule has 2 aromatic carbocycles. The highest BCUT2D eigenvalue weighted by molar-refractivity contribution is 7.89. The maximum atomic E-state index is 12.7. The van der Waals surface area contributed by atoms with Gasteiger partial charge in [-0.1, -0.05) is 50.2 Å². The Morgan fingerprint density at radius 1 is 0.946 bits per heavy atom. The van der Waals surface area contributed by atoms with Gasteiger partial charge in [-0.3, -0.25) is 9.69 Å². The molecule has 0 saturated carbocycles. The van der Waals surface area contributed by atoms with Gasteiger partial charge in [0.15, 0.2) is 0 Å². The van der Waals surface area contributed by atoms with Crippen LogP contribution in [0, 0.1) is 0 Å². The van der Waals surface area contributed by atoms with Crippen molar-refractivity contribution in [2.45, 2.75) is 38.1 Å². The fourth-order valence-corrected chi connectivity index (χ4v) is 5.13. The van der Waals surface area contributed by atoms with E-state index in [2.05, 4.69) is 27.6 Å². The lowest BCUT2D eigenvalue weighted by molar-refractivity contribution is -0.159. The standard InChI is InChI=1S/C23H30N4O3S.C2H2O4/c1-3-27(4-2)31(29,30)22-12-8-11-20(17-22)23(28)25-24-21-13-15-26(16-14-21)18-19-9-6-5-7-10-19;3-1(4)2(5)6/h5-12,17H,3-4,13-16,18H2,1-2H3,(H,25,28);(H,3,4)(H,5,6). The zero-order valence-corrected chi connectivity index (χ0v) is 21.6. The highest BCUT2D eigenvalue weighted by Gasteiger charge is 2.22. The van der Waals surface area contributed by atoms with E-state index in [1.807, 2.05) is 18.2 Å². The van der Waals surface area contributed by atoms with Crippen LogP contribution in [0.25, 0.3) is 0 Å². The fraction of sp³-hybridized carbons (Fsp3) is 0.360. The van der Waals surface area contributed by atoms with Crippen LogP contribution in [-0.4, -0.2) is 77.6 Å². The number of likely N-dealkylation sites (tertiary alicyclic amines) is 1. The van der Waals surface area contributed by atoms with Crippen LogP contribution in [0.2, 0.25) is 0 Å². The topological polar surface area (TPSA) is 157 Å². The normalized spacial score (nSPS) is 13.9. The molecule has 3 rings (SSSR count). The van der Waals surface area contributed by atoms with Crippen molar-refractivity contribution < 1.29 is 33.0 Å². The Labute approximate surface area is 216 Å². The maximum absolute atomic E-state index is 12.7. The molecule has 1 heterocycles. The molecule has 1 fully saturated rings. The second-order valence-corrected chi connectivity index (χ2v) is 10.0. The van der Waals surface area contributed by atoms with Gasteiger partial charge in [0.25, 0.3) is 5.91 Å². The SMILES string of the molecule is CCN(CC)S(=O)(=O)c1cccc(C(=O)NN=C2CCN(Cc3ccccc3)CC2)c1.O=C(O)C(=O)O. The average molecular weight is 533 g/mol. The Bertz CT molecular complexity index is 1190. The van der Waals surface area contributed by atoms with Crippen molar-refractivity contribution >= 4 is 33.6 Å². The number of nitrogens with zero attached hydrogens (tertiary/aromatic N) is 3.